The molecule has 0 fully saturated rings. The van der Waals surface area contributed by atoms with Crippen LogP contribution in [0, 0.1) is 0 Å². The van der Waals surface area contributed by atoms with Crippen LogP contribution in [0.3, 0.4) is 0 Å². The minimum Gasteiger partial charge on any atom is -0.373 e. The van der Waals surface area contributed by atoms with Gasteiger partial charge in [0, 0.05) is 0 Å². The molecular formula is K3N9. The molecule has 0 atom stereocenters. The Morgan fingerprint density at radius 2 is 0.417 bits per heavy atom. The number of rotatable bonds is 0. The van der Waals surface area contributed by atoms with Gasteiger partial charge in [0.05, 0.1) is 0 Å². The van der Waals surface area contributed by atoms with Crippen LogP contribution in [0.15, 0.2) is 0 Å². The number of nitrogens with zero attached hydrogens (tertiary/aromatic N) is 9. The van der Waals surface area contributed by atoms with Gasteiger partial charge in [0.1, 0.15) is 0 Å². The van der Waals surface area contributed by atoms with Crippen LogP contribution in [-0.2, 0) is 0 Å². The molecule has 0 aliphatic carbocycles. The molecule has 12 heteroatoms. The normalized spacial score (nSPS) is 2.00. The summed E-state index contributed by atoms with van der Waals surface area (Å²) >= 11 is 0. The summed E-state index contributed by atoms with van der Waals surface area (Å²) in [6.07, 6.45) is 0. The average Bonchev–Trinajstić information content (AvgIpc) is 1.70. The molecule has 0 aliphatic rings. The Balaban J connectivity index is -0.00000001000. The van der Waals surface area contributed by atoms with Gasteiger partial charge in [-0.3, -0.25) is 14.7 Å². The van der Waals surface area contributed by atoms with E-state index in [4.69, 9.17) is 33.2 Å². The van der Waals surface area contributed by atoms with Gasteiger partial charge in [-0.15, -0.1) is 0 Å². The van der Waals surface area contributed by atoms with E-state index in [1.807, 2.05) is 0 Å². The maximum atomic E-state index is 6.75. The molecule has 0 heterocycles. The summed E-state index contributed by atoms with van der Waals surface area (Å²) in [5, 5.41) is 0. The van der Waals surface area contributed by atoms with Gasteiger partial charge < -0.3 is 33.2 Å². The molecular weight excluding hydrogens is 243 g/mol. The van der Waals surface area contributed by atoms with E-state index in [2.05, 4.69) is 0 Å². The van der Waals surface area contributed by atoms with Crippen molar-refractivity contribution in [3.63, 3.8) is 0 Å². The zero-order valence-electron chi connectivity index (χ0n) is 7.02. The summed E-state index contributed by atoms with van der Waals surface area (Å²) in [5.74, 6) is 0. The third-order valence-electron chi connectivity index (χ3n) is 0. The summed E-state index contributed by atoms with van der Waals surface area (Å²) < 4.78 is 0. The summed E-state index contributed by atoms with van der Waals surface area (Å²) in [4.78, 5) is 4.50. The second kappa shape index (κ2) is 66.9. The van der Waals surface area contributed by atoms with Crippen LogP contribution >= 0.6 is 0 Å². The van der Waals surface area contributed by atoms with Gasteiger partial charge in [-0.25, -0.2) is 0 Å². The molecule has 48 valence electrons. The van der Waals surface area contributed by atoms with Crippen LogP contribution in [-0.4, -0.2) is 0 Å². The average molecular weight is 243 g/mol. The first kappa shape index (κ1) is 36.4. The maximum absolute atomic E-state index is 6.75. The molecule has 0 radical (unpaired) electrons. The molecule has 0 amide bonds. The Labute approximate surface area is 196 Å². The van der Waals surface area contributed by atoms with Crippen molar-refractivity contribution >= 4 is 0 Å². The quantitative estimate of drug-likeness (QED) is 0.170. The Morgan fingerprint density at radius 3 is 0.417 bits per heavy atom. The zero-order chi connectivity index (χ0) is 8.12. The first-order valence-electron chi connectivity index (χ1n) is 1.20. The van der Waals surface area contributed by atoms with Crippen LogP contribution in [0.4, 0.5) is 0 Å². The van der Waals surface area contributed by atoms with Crippen LogP contribution in [0.1, 0.15) is 0 Å². The maximum Gasteiger partial charge on any atom is 1.00 e. The van der Waals surface area contributed by atoms with Crippen molar-refractivity contribution in [2.24, 2.45) is 0 Å². The minimum atomic E-state index is 0. The summed E-state index contributed by atoms with van der Waals surface area (Å²) in [6, 6.07) is 0. The summed E-state index contributed by atoms with van der Waals surface area (Å²) in [6.45, 7) is 0. The molecule has 9 nitrogen and oxygen atoms in total. The van der Waals surface area contributed by atoms with E-state index in [1.165, 1.54) is 14.7 Å². The number of hydrogen-bond acceptors (Lipinski definition) is 0. The third kappa shape index (κ3) is 223. The Morgan fingerprint density at radius 1 is 0.417 bits per heavy atom. The molecule has 0 aromatic heterocycles. The zero-order valence-corrected chi connectivity index (χ0v) is 16.4. The third-order valence-corrected chi connectivity index (χ3v) is 0. The van der Waals surface area contributed by atoms with Gasteiger partial charge in [0.15, 0.2) is 0 Å². The molecule has 0 aromatic carbocycles. The fourth-order valence-electron chi connectivity index (χ4n) is 0. The molecule has 0 rings (SSSR count). The van der Waals surface area contributed by atoms with Crippen molar-refractivity contribution in [3.8, 4) is 0 Å². The molecule has 0 saturated heterocycles. The van der Waals surface area contributed by atoms with Gasteiger partial charge in [0.2, 0.25) is 0 Å². The summed E-state index contributed by atoms with van der Waals surface area (Å²) in [7, 11) is 0. The molecule has 0 N–H and O–H groups in total. The molecule has 0 saturated carbocycles. The van der Waals surface area contributed by atoms with Crippen molar-refractivity contribution in [1.82, 2.24) is 0 Å². The second-order valence-corrected chi connectivity index (χ2v) is 0.268. The van der Waals surface area contributed by atoms with Crippen molar-refractivity contribution in [3.05, 3.63) is 47.9 Å². The van der Waals surface area contributed by atoms with E-state index in [-0.39, 0.29) is 154 Å². The number of hydrogen-bond donors (Lipinski definition) is 0. The van der Waals surface area contributed by atoms with Crippen LogP contribution in [0.5, 0.6) is 0 Å². The molecule has 12 heavy (non-hydrogen) atoms. The fraction of sp³-hybridized carbons (Fsp3) is 0. The molecule has 0 aromatic rings. The monoisotopic (exact) mass is 243 g/mol. The molecule has 0 unspecified atom stereocenters. The first-order valence-corrected chi connectivity index (χ1v) is 1.20. The Hall–Kier alpha value is 2.84. The molecule has 0 aliphatic heterocycles. The predicted molar refractivity (Wildman–Crippen MR) is 30.2 cm³/mol. The van der Waals surface area contributed by atoms with Crippen molar-refractivity contribution < 1.29 is 154 Å². The van der Waals surface area contributed by atoms with E-state index in [1.54, 1.807) is 0 Å². The summed E-state index contributed by atoms with van der Waals surface area (Å²) in [5.41, 5.74) is 40.5. The van der Waals surface area contributed by atoms with Gasteiger partial charge in [-0.05, 0) is 0 Å². The molecule has 0 bridgehead atoms. The van der Waals surface area contributed by atoms with Crippen molar-refractivity contribution in [2.75, 3.05) is 0 Å². The Kier molecular flexibility index (Phi) is 203. The van der Waals surface area contributed by atoms with E-state index in [0.29, 0.717) is 0 Å². The largest absolute Gasteiger partial charge is 1.00 e. The van der Waals surface area contributed by atoms with Gasteiger partial charge in [0.25, 0.3) is 0 Å². The van der Waals surface area contributed by atoms with Gasteiger partial charge in [-0.2, -0.15) is 0 Å². The van der Waals surface area contributed by atoms with E-state index in [9.17, 15) is 0 Å². The topological polar surface area (TPSA) is 176 Å². The van der Waals surface area contributed by atoms with Crippen LogP contribution in [0.25, 0.3) is 47.9 Å². The first-order chi connectivity index (χ1) is 4.24. The minimum absolute atomic E-state index is 0. The van der Waals surface area contributed by atoms with Crippen LogP contribution < -0.4 is 154 Å². The van der Waals surface area contributed by atoms with Gasteiger partial charge >= 0.3 is 154 Å². The predicted octanol–water partition coefficient (Wildman–Crippen LogP) is -6.39. The Bertz CT molecular complexity index is 101. The van der Waals surface area contributed by atoms with Crippen molar-refractivity contribution in [1.29, 1.82) is 0 Å². The van der Waals surface area contributed by atoms with E-state index < -0.39 is 0 Å². The van der Waals surface area contributed by atoms with Crippen molar-refractivity contribution in [2.45, 2.75) is 0 Å². The molecule has 0 spiro atoms. The standard InChI is InChI=1S/3K.3N3/c;;;3*1-3-2/q3*+1;3*-1. The van der Waals surface area contributed by atoms with E-state index >= 15 is 0 Å². The van der Waals surface area contributed by atoms with E-state index in [0.717, 1.165) is 0 Å². The smallest absolute Gasteiger partial charge is 0.373 e. The fourth-order valence-corrected chi connectivity index (χ4v) is 0. The van der Waals surface area contributed by atoms with Gasteiger partial charge in [-0.1, -0.05) is 0 Å². The second-order valence-electron chi connectivity index (χ2n) is 0.268. The van der Waals surface area contributed by atoms with Crippen LogP contribution in [0.2, 0.25) is 0 Å². The SMILES string of the molecule is [K+].[K+].[K+].[N-]=[N+]=[N-].[N-]=[N+]=[N-].[N-]=[N+]=[N-].